The van der Waals surface area contributed by atoms with Gasteiger partial charge in [-0.1, -0.05) is 15.9 Å². The summed E-state index contributed by atoms with van der Waals surface area (Å²) in [5.74, 6) is -0.316. The topological polar surface area (TPSA) is 75.3 Å². The maximum atomic E-state index is 11.8. The van der Waals surface area contributed by atoms with Gasteiger partial charge in [-0.3, -0.25) is 4.79 Å². The number of phenols is 1. The lowest BCUT2D eigenvalue weighted by Gasteiger charge is -2.38. The largest absolute Gasteiger partial charge is 0.507 e. The second kappa shape index (κ2) is 4.66. The molecule has 4 nitrogen and oxygen atoms in total. The van der Waals surface area contributed by atoms with Gasteiger partial charge in [0.2, 0.25) is 0 Å². The molecule has 1 fully saturated rings. The van der Waals surface area contributed by atoms with Gasteiger partial charge in [-0.2, -0.15) is 0 Å². The summed E-state index contributed by atoms with van der Waals surface area (Å²) in [6.07, 6.45) is 3.01. The first-order valence-corrected chi connectivity index (χ1v) is 6.35. The highest BCUT2D eigenvalue weighted by Crippen LogP contribution is 2.28. The molecule has 1 aliphatic rings. The minimum absolute atomic E-state index is 0.0310. The molecule has 0 aliphatic heterocycles. The average molecular weight is 299 g/mol. The molecular formula is C12H15BrN2O2. The Morgan fingerprint density at radius 3 is 2.76 bits per heavy atom. The summed E-state index contributed by atoms with van der Waals surface area (Å²) in [7, 11) is 0. The van der Waals surface area contributed by atoms with Gasteiger partial charge in [0.15, 0.2) is 0 Å². The zero-order valence-corrected chi connectivity index (χ0v) is 11.0. The number of carbonyl (C=O) groups is 1. The smallest absolute Gasteiger partial charge is 0.255 e. The molecule has 0 unspecified atom stereocenters. The Morgan fingerprint density at radius 2 is 2.24 bits per heavy atom. The molecule has 1 aliphatic carbocycles. The summed E-state index contributed by atoms with van der Waals surface area (Å²) in [6.45, 7) is 0.460. The molecule has 5 heteroatoms. The van der Waals surface area contributed by atoms with E-state index in [0.717, 1.165) is 23.7 Å². The number of halogens is 1. The molecule has 1 saturated carbocycles. The number of benzene rings is 1. The number of rotatable bonds is 3. The lowest BCUT2D eigenvalue weighted by Crippen LogP contribution is -2.54. The third kappa shape index (κ3) is 2.79. The predicted molar refractivity (Wildman–Crippen MR) is 68.9 cm³/mol. The van der Waals surface area contributed by atoms with Crippen molar-refractivity contribution in [1.29, 1.82) is 0 Å². The fourth-order valence-electron chi connectivity index (χ4n) is 1.86. The van der Waals surface area contributed by atoms with Gasteiger partial charge in [-0.05, 0) is 37.5 Å². The van der Waals surface area contributed by atoms with E-state index < -0.39 is 0 Å². The van der Waals surface area contributed by atoms with E-state index in [1.54, 1.807) is 12.1 Å². The van der Waals surface area contributed by atoms with Crippen LogP contribution < -0.4 is 11.1 Å². The van der Waals surface area contributed by atoms with Crippen molar-refractivity contribution in [2.75, 3.05) is 6.54 Å². The SMILES string of the molecule is NC1(CNC(=O)c2ccc(Br)cc2O)CCC1. The minimum Gasteiger partial charge on any atom is -0.507 e. The minimum atomic E-state index is -0.285. The molecular weight excluding hydrogens is 284 g/mol. The Hall–Kier alpha value is -1.07. The van der Waals surface area contributed by atoms with E-state index in [-0.39, 0.29) is 22.8 Å². The molecule has 1 aromatic carbocycles. The monoisotopic (exact) mass is 298 g/mol. The van der Waals surface area contributed by atoms with E-state index in [0.29, 0.717) is 6.54 Å². The first-order valence-electron chi connectivity index (χ1n) is 5.56. The molecule has 0 spiro atoms. The summed E-state index contributed by atoms with van der Waals surface area (Å²) >= 11 is 3.22. The number of phenolic OH excluding ortho intramolecular Hbond substituents is 1. The molecule has 0 atom stereocenters. The molecule has 92 valence electrons. The molecule has 0 aromatic heterocycles. The van der Waals surface area contributed by atoms with Gasteiger partial charge in [-0.25, -0.2) is 0 Å². The van der Waals surface area contributed by atoms with Crippen molar-refractivity contribution < 1.29 is 9.90 Å². The molecule has 2 rings (SSSR count). The molecule has 0 bridgehead atoms. The molecule has 17 heavy (non-hydrogen) atoms. The van der Waals surface area contributed by atoms with E-state index in [1.807, 2.05) is 0 Å². The standard InChI is InChI=1S/C12H15BrN2O2/c13-8-2-3-9(10(16)6-8)11(17)15-7-12(14)4-1-5-12/h2-3,6,16H,1,4-5,7,14H2,(H,15,17). The molecule has 0 heterocycles. The van der Waals surface area contributed by atoms with Gasteiger partial charge in [0.25, 0.3) is 5.91 Å². The van der Waals surface area contributed by atoms with Crippen molar-refractivity contribution in [3.05, 3.63) is 28.2 Å². The molecule has 0 radical (unpaired) electrons. The number of amides is 1. The molecule has 1 aromatic rings. The highest BCUT2D eigenvalue weighted by molar-refractivity contribution is 9.10. The van der Waals surface area contributed by atoms with Crippen molar-refractivity contribution >= 4 is 21.8 Å². The lowest BCUT2D eigenvalue weighted by molar-refractivity contribution is 0.0927. The molecule has 0 saturated heterocycles. The Morgan fingerprint density at radius 1 is 1.53 bits per heavy atom. The van der Waals surface area contributed by atoms with Crippen LogP contribution in [0.1, 0.15) is 29.6 Å². The van der Waals surface area contributed by atoms with E-state index in [1.165, 1.54) is 6.07 Å². The quantitative estimate of drug-likeness (QED) is 0.796. The Labute approximate surface area is 108 Å². The van der Waals surface area contributed by atoms with Crippen LogP contribution in [0, 0.1) is 0 Å². The maximum Gasteiger partial charge on any atom is 0.255 e. The molecule has 4 N–H and O–H groups in total. The zero-order chi connectivity index (χ0) is 12.5. The summed E-state index contributed by atoms with van der Waals surface area (Å²) in [6, 6.07) is 4.80. The summed E-state index contributed by atoms with van der Waals surface area (Å²) in [5.41, 5.74) is 6.03. The number of hydrogen-bond donors (Lipinski definition) is 3. The van der Waals surface area contributed by atoms with Gasteiger partial charge in [0.1, 0.15) is 5.75 Å². The summed E-state index contributed by atoms with van der Waals surface area (Å²) in [4.78, 5) is 11.8. The van der Waals surface area contributed by atoms with Gasteiger partial charge in [0.05, 0.1) is 5.56 Å². The molecule has 1 amide bonds. The van der Waals surface area contributed by atoms with Gasteiger partial charge >= 0.3 is 0 Å². The first kappa shape index (κ1) is 12.4. The fourth-order valence-corrected chi connectivity index (χ4v) is 2.21. The highest BCUT2D eigenvalue weighted by atomic mass is 79.9. The number of carbonyl (C=O) groups excluding carboxylic acids is 1. The van der Waals surface area contributed by atoms with Crippen molar-refractivity contribution in [3.63, 3.8) is 0 Å². The lowest BCUT2D eigenvalue weighted by atomic mass is 9.78. The van der Waals surface area contributed by atoms with Crippen LogP contribution in [0.5, 0.6) is 5.75 Å². The highest BCUT2D eigenvalue weighted by Gasteiger charge is 2.32. The van der Waals surface area contributed by atoms with Gasteiger partial charge in [-0.15, -0.1) is 0 Å². The first-order chi connectivity index (χ1) is 8.00. The van der Waals surface area contributed by atoms with Crippen LogP contribution in [0.15, 0.2) is 22.7 Å². The number of nitrogens with two attached hydrogens (primary N) is 1. The van der Waals surface area contributed by atoms with Crippen molar-refractivity contribution in [2.45, 2.75) is 24.8 Å². The second-order valence-electron chi connectivity index (χ2n) is 4.56. The fraction of sp³-hybridized carbons (Fsp3) is 0.417. The summed E-state index contributed by atoms with van der Waals surface area (Å²) in [5, 5.41) is 12.4. The second-order valence-corrected chi connectivity index (χ2v) is 5.48. The van der Waals surface area contributed by atoms with Crippen molar-refractivity contribution in [2.24, 2.45) is 5.73 Å². The van der Waals surface area contributed by atoms with Gasteiger partial charge in [0, 0.05) is 16.6 Å². The van der Waals surface area contributed by atoms with Crippen LogP contribution >= 0.6 is 15.9 Å². The Kier molecular flexibility index (Phi) is 3.40. The van der Waals surface area contributed by atoms with Crippen LogP contribution in [-0.2, 0) is 0 Å². The Balaban J connectivity index is 1.99. The third-order valence-electron chi connectivity index (χ3n) is 3.15. The van der Waals surface area contributed by atoms with Crippen molar-refractivity contribution in [1.82, 2.24) is 5.32 Å². The van der Waals surface area contributed by atoms with Crippen LogP contribution in [0.25, 0.3) is 0 Å². The van der Waals surface area contributed by atoms with E-state index in [9.17, 15) is 9.90 Å². The van der Waals surface area contributed by atoms with E-state index >= 15 is 0 Å². The van der Waals surface area contributed by atoms with E-state index in [4.69, 9.17) is 5.73 Å². The van der Waals surface area contributed by atoms with Crippen LogP contribution in [-0.4, -0.2) is 23.1 Å². The third-order valence-corrected chi connectivity index (χ3v) is 3.65. The van der Waals surface area contributed by atoms with Crippen LogP contribution in [0.3, 0.4) is 0 Å². The number of nitrogens with one attached hydrogen (secondary N) is 1. The van der Waals surface area contributed by atoms with Crippen LogP contribution in [0.2, 0.25) is 0 Å². The maximum absolute atomic E-state index is 11.8. The van der Waals surface area contributed by atoms with Gasteiger partial charge < -0.3 is 16.2 Å². The van der Waals surface area contributed by atoms with Crippen LogP contribution in [0.4, 0.5) is 0 Å². The Bertz CT molecular complexity index is 444. The predicted octanol–water partition coefficient (Wildman–Crippen LogP) is 1.77. The number of aromatic hydroxyl groups is 1. The number of hydrogen-bond acceptors (Lipinski definition) is 3. The average Bonchev–Trinajstić information content (AvgIpc) is 2.23. The van der Waals surface area contributed by atoms with E-state index in [2.05, 4.69) is 21.2 Å². The zero-order valence-electron chi connectivity index (χ0n) is 9.37. The summed E-state index contributed by atoms with van der Waals surface area (Å²) < 4.78 is 0.737. The normalized spacial score (nSPS) is 17.3. The van der Waals surface area contributed by atoms with Crippen molar-refractivity contribution in [3.8, 4) is 5.75 Å².